The lowest BCUT2D eigenvalue weighted by Crippen LogP contribution is -2.25. The van der Waals surface area contributed by atoms with Crippen LogP contribution in [-0.2, 0) is 14.8 Å². The van der Waals surface area contributed by atoms with Crippen molar-refractivity contribution < 1.29 is 17.6 Å². The highest BCUT2D eigenvalue weighted by Crippen LogP contribution is 2.32. The van der Waals surface area contributed by atoms with Crippen LogP contribution in [0.15, 0.2) is 60.7 Å². The van der Waals surface area contributed by atoms with Crippen molar-refractivity contribution in [3.8, 4) is 10.4 Å². The number of nitrogens with one attached hydrogen (secondary N) is 1. The summed E-state index contributed by atoms with van der Waals surface area (Å²) in [6.45, 7) is 0.403. The lowest BCUT2D eigenvalue weighted by atomic mass is 10.2. The van der Waals surface area contributed by atoms with Crippen LogP contribution in [-0.4, -0.2) is 26.6 Å². The van der Waals surface area contributed by atoms with Gasteiger partial charge in [0.1, 0.15) is 5.82 Å². The fourth-order valence-electron chi connectivity index (χ4n) is 3.27. The summed E-state index contributed by atoms with van der Waals surface area (Å²) in [5.74, 6) is -0.605. The van der Waals surface area contributed by atoms with Gasteiger partial charge in [0.05, 0.1) is 22.2 Å². The number of halogens is 2. The minimum atomic E-state index is -3.33. The average Bonchev–Trinajstić information content (AvgIpc) is 3.34. The first-order chi connectivity index (χ1) is 14.8. The largest absolute Gasteiger partial charge is 0.321 e. The molecular formula is C22H18ClFN2O3S2. The molecule has 2 heterocycles. The van der Waals surface area contributed by atoms with Crippen LogP contribution < -0.4 is 9.62 Å². The fraction of sp³-hybridized carbons (Fsp3) is 0.136. The van der Waals surface area contributed by atoms with Gasteiger partial charge in [-0.2, -0.15) is 0 Å². The number of carbonyl (C=O) groups excluding carboxylic acids is 1. The molecule has 1 aromatic heterocycles. The van der Waals surface area contributed by atoms with E-state index < -0.39 is 15.9 Å². The van der Waals surface area contributed by atoms with Gasteiger partial charge in [0, 0.05) is 27.9 Å². The number of hydrogen-bond acceptors (Lipinski definition) is 4. The van der Waals surface area contributed by atoms with E-state index in [1.54, 1.807) is 48.5 Å². The summed E-state index contributed by atoms with van der Waals surface area (Å²) >= 11 is 7.55. The van der Waals surface area contributed by atoms with Crippen LogP contribution in [0.3, 0.4) is 0 Å². The third kappa shape index (κ3) is 4.81. The molecule has 31 heavy (non-hydrogen) atoms. The second-order valence-corrected chi connectivity index (χ2v) is 10.4. The van der Waals surface area contributed by atoms with Gasteiger partial charge in [-0.15, -0.1) is 11.3 Å². The van der Waals surface area contributed by atoms with Crippen molar-refractivity contribution in [2.45, 2.75) is 6.42 Å². The number of benzene rings is 2. The molecule has 0 unspecified atom stereocenters. The molecule has 0 saturated carbocycles. The minimum absolute atomic E-state index is 0.107. The number of sulfonamides is 1. The Hall–Kier alpha value is -2.68. The molecule has 0 atom stereocenters. The van der Waals surface area contributed by atoms with E-state index in [1.165, 1.54) is 27.8 Å². The molecule has 160 valence electrons. The Balaban J connectivity index is 1.47. The number of thiophene rings is 1. The summed E-state index contributed by atoms with van der Waals surface area (Å²) in [5, 5.41) is 2.99. The fourth-order valence-corrected chi connectivity index (χ4v) is 5.93. The van der Waals surface area contributed by atoms with E-state index in [0.29, 0.717) is 34.9 Å². The molecule has 0 radical (unpaired) electrons. The van der Waals surface area contributed by atoms with E-state index in [0.717, 1.165) is 9.75 Å². The maximum absolute atomic E-state index is 13.9. The average molecular weight is 477 g/mol. The normalized spacial score (nSPS) is 15.5. The third-order valence-corrected chi connectivity index (χ3v) is 8.04. The van der Waals surface area contributed by atoms with Crippen LogP contribution in [0.1, 0.15) is 11.3 Å². The standard InChI is InChI=1S/C22H18ClFN2O3S2/c23-18-9-6-15(26-12-3-13-31(26,28)29)14-20(18)25-22(27)11-8-16-7-10-21(30-16)17-4-1-2-5-19(17)24/h1-2,4-11,14H,3,12-13H2,(H,25,27). The van der Waals surface area contributed by atoms with Crippen LogP contribution in [0.5, 0.6) is 0 Å². The summed E-state index contributed by atoms with van der Waals surface area (Å²) in [7, 11) is -3.33. The number of carbonyl (C=O) groups is 1. The number of nitrogens with zero attached hydrogens (tertiary/aromatic N) is 1. The zero-order valence-corrected chi connectivity index (χ0v) is 18.6. The third-order valence-electron chi connectivity index (χ3n) is 4.76. The van der Waals surface area contributed by atoms with Crippen LogP contribution in [0.4, 0.5) is 15.8 Å². The zero-order chi connectivity index (χ0) is 22.0. The molecule has 5 nitrogen and oxygen atoms in total. The maximum Gasteiger partial charge on any atom is 0.248 e. The van der Waals surface area contributed by atoms with Gasteiger partial charge >= 0.3 is 0 Å². The second-order valence-electron chi connectivity index (χ2n) is 6.91. The number of rotatable bonds is 5. The van der Waals surface area contributed by atoms with Gasteiger partial charge < -0.3 is 5.32 Å². The predicted octanol–water partition coefficient (Wildman–Crippen LogP) is 5.40. The molecule has 0 aliphatic carbocycles. The minimum Gasteiger partial charge on any atom is -0.321 e. The quantitative estimate of drug-likeness (QED) is 0.501. The molecule has 3 aromatic rings. The molecular weight excluding hydrogens is 459 g/mol. The molecule has 1 saturated heterocycles. The van der Waals surface area contributed by atoms with Crippen molar-refractivity contribution in [1.82, 2.24) is 0 Å². The first-order valence-corrected chi connectivity index (χ1v) is 12.3. The van der Waals surface area contributed by atoms with E-state index in [1.807, 2.05) is 6.07 Å². The van der Waals surface area contributed by atoms with Gasteiger partial charge in [-0.3, -0.25) is 9.10 Å². The molecule has 1 fully saturated rings. The summed E-state index contributed by atoms with van der Waals surface area (Å²) in [4.78, 5) is 13.9. The van der Waals surface area contributed by atoms with Crippen molar-refractivity contribution >= 4 is 56.3 Å². The highest BCUT2D eigenvalue weighted by atomic mass is 35.5. The van der Waals surface area contributed by atoms with Gasteiger partial charge in [-0.05, 0) is 48.9 Å². The SMILES string of the molecule is O=C(C=Cc1ccc(-c2ccccc2F)s1)Nc1cc(N2CCCS2(=O)=O)ccc1Cl. The number of anilines is 2. The highest BCUT2D eigenvalue weighted by molar-refractivity contribution is 7.93. The van der Waals surface area contributed by atoms with Crippen molar-refractivity contribution in [2.75, 3.05) is 21.9 Å². The molecule has 1 amide bonds. The number of amides is 1. The van der Waals surface area contributed by atoms with Gasteiger partial charge in [0.25, 0.3) is 0 Å². The first kappa shape index (κ1) is 21.5. The molecule has 4 rings (SSSR count). The van der Waals surface area contributed by atoms with Crippen molar-refractivity contribution in [3.63, 3.8) is 0 Å². The van der Waals surface area contributed by atoms with E-state index in [4.69, 9.17) is 11.6 Å². The smallest absolute Gasteiger partial charge is 0.248 e. The Kier molecular flexibility index (Phi) is 6.13. The Bertz CT molecular complexity index is 1270. The van der Waals surface area contributed by atoms with E-state index in [9.17, 15) is 17.6 Å². The first-order valence-electron chi connectivity index (χ1n) is 9.47. The monoisotopic (exact) mass is 476 g/mol. The summed E-state index contributed by atoms with van der Waals surface area (Å²) < 4.78 is 39.5. The molecule has 2 aromatic carbocycles. The highest BCUT2D eigenvalue weighted by Gasteiger charge is 2.28. The Morgan fingerprint density at radius 3 is 2.71 bits per heavy atom. The Labute approximate surface area is 188 Å². The molecule has 1 aliphatic rings. The molecule has 1 N–H and O–H groups in total. The molecule has 0 bridgehead atoms. The number of hydrogen-bond donors (Lipinski definition) is 1. The second kappa shape index (κ2) is 8.82. The zero-order valence-electron chi connectivity index (χ0n) is 16.2. The molecule has 0 spiro atoms. The van der Waals surface area contributed by atoms with Crippen molar-refractivity contribution in [1.29, 1.82) is 0 Å². The van der Waals surface area contributed by atoms with Gasteiger partial charge in [0.15, 0.2) is 0 Å². The van der Waals surface area contributed by atoms with Crippen molar-refractivity contribution in [2.24, 2.45) is 0 Å². The van der Waals surface area contributed by atoms with E-state index >= 15 is 0 Å². The van der Waals surface area contributed by atoms with Crippen LogP contribution in [0, 0.1) is 5.82 Å². The Morgan fingerprint density at radius 2 is 1.97 bits per heavy atom. The lowest BCUT2D eigenvalue weighted by molar-refractivity contribution is -0.111. The van der Waals surface area contributed by atoms with Crippen LogP contribution >= 0.6 is 22.9 Å². The van der Waals surface area contributed by atoms with Crippen molar-refractivity contribution in [3.05, 3.63) is 76.4 Å². The Morgan fingerprint density at radius 1 is 1.16 bits per heavy atom. The van der Waals surface area contributed by atoms with Gasteiger partial charge in [0.2, 0.25) is 15.9 Å². The van der Waals surface area contributed by atoms with Gasteiger partial charge in [-0.1, -0.05) is 29.8 Å². The topological polar surface area (TPSA) is 66.5 Å². The van der Waals surface area contributed by atoms with Crippen LogP contribution in [0.25, 0.3) is 16.5 Å². The van der Waals surface area contributed by atoms with E-state index in [-0.39, 0.29) is 11.6 Å². The lowest BCUT2D eigenvalue weighted by Gasteiger charge is -2.18. The molecule has 9 heteroatoms. The predicted molar refractivity (Wildman–Crippen MR) is 125 cm³/mol. The van der Waals surface area contributed by atoms with Gasteiger partial charge in [-0.25, -0.2) is 12.8 Å². The summed E-state index contributed by atoms with van der Waals surface area (Å²) in [6.07, 6.45) is 3.55. The van der Waals surface area contributed by atoms with E-state index in [2.05, 4.69) is 5.32 Å². The molecule has 1 aliphatic heterocycles. The maximum atomic E-state index is 13.9. The summed E-state index contributed by atoms with van der Waals surface area (Å²) in [6, 6.07) is 14.9. The summed E-state index contributed by atoms with van der Waals surface area (Å²) in [5.41, 5.74) is 1.31. The van der Waals surface area contributed by atoms with Crippen LogP contribution in [0.2, 0.25) is 5.02 Å².